The second kappa shape index (κ2) is 9.14. The molecule has 2 bridgehead atoms. The summed E-state index contributed by atoms with van der Waals surface area (Å²) in [4.78, 5) is 40.5. The molecule has 1 aliphatic heterocycles. The van der Waals surface area contributed by atoms with Gasteiger partial charge in [-0.05, 0) is 77.7 Å². The Bertz CT molecular complexity index is 1420. The van der Waals surface area contributed by atoms with Crippen LogP contribution in [0.15, 0.2) is 90.5 Å². The van der Waals surface area contributed by atoms with Crippen LogP contribution in [0.5, 0.6) is 11.5 Å². The van der Waals surface area contributed by atoms with Crippen LogP contribution in [-0.4, -0.2) is 31.8 Å². The van der Waals surface area contributed by atoms with Crippen LogP contribution in [0.2, 0.25) is 0 Å². The fraction of sp³-hybridized carbons (Fsp3) is 0.219. The molecule has 1 saturated heterocycles. The molecule has 6 heteroatoms. The third-order valence-corrected chi connectivity index (χ3v) is 7.99. The van der Waals surface area contributed by atoms with Crippen LogP contribution < -0.4 is 14.4 Å². The molecule has 3 aromatic rings. The molecule has 1 saturated carbocycles. The highest BCUT2D eigenvalue weighted by Gasteiger charge is 2.62. The maximum Gasteiger partial charge on any atom is 0.238 e. The molecule has 190 valence electrons. The van der Waals surface area contributed by atoms with Gasteiger partial charge in [0.1, 0.15) is 11.5 Å². The first-order chi connectivity index (χ1) is 18.4. The summed E-state index contributed by atoms with van der Waals surface area (Å²) in [6.07, 6.45) is 4.17. The van der Waals surface area contributed by atoms with Crippen molar-refractivity contribution in [3.05, 3.63) is 107 Å². The summed E-state index contributed by atoms with van der Waals surface area (Å²) < 4.78 is 10.7. The number of nitrogens with zero attached hydrogens (tertiary/aromatic N) is 1. The van der Waals surface area contributed by atoms with E-state index in [2.05, 4.69) is 12.2 Å². The van der Waals surface area contributed by atoms with E-state index in [1.807, 2.05) is 48.5 Å². The number of hydrogen-bond donors (Lipinski definition) is 0. The number of ketones is 1. The molecule has 0 spiro atoms. The number of imide groups is 1. The zero-order chi connectivity index (χ0) is 26.6. The molecule has 0 unspecified atom stereocenters. The van der Waals surface area contributed by atoms with E-state index in [1.165, 1.54) is 11.8 Å². The minimum Gasteiger partial charge on any atom is -0.497 e. The highest BCUT2D eigenvalue weighted by molar-refractivity contribution is 6.23. The number of rotatable bonds is 6. The minimum atomic E-state index is -0.452. The summed E-state index contributed by atoms with van der Waals surface area (Å²) in [5.41, 5.74) is 5.19. The average Bonchev–Trinajstić information content (AvgIpc) is 3.58. The number of benzene rings is 3. The molecule has 3 aromatic carbocycles. The van der Waals surface area contributed by atoms with Crippen LogP contribution in [0.1, 0.15) is 28.4 Å². The minimum absolute atomic E-state index is 0.0610. The number of methoxy groups -OCH3 is 2. The van der Waals surface area contributed by atoms with Gasteiger partial charge in [0.25, 0.3) is 0 Å². The smallest absolute Gasteiger partial charge is 0.238 e. The predicted molar refractivity (Wildman–Crippen MR) is 144 cm³/mol. The number of carbonyl (C=O) groups excluding carboxylic acids is 3. The SMILES string of the molecule is COc1ccc(C(=C2[C@H]3C=C[C@H]2[C@H]2C(=O)N(c4ccc(C(C)=O)cc4)C(=O)[C@@H]23)c2ccc(OC)cc2)cc1. The first-order valence-corrected chi connectivity index (χ1v) is 12.6. The molecular weight excluding hydrogens is 478 g/mol. The van der Waals surface area contributed by atoms with Crippen molar-refractivity contribution < 1.29 is 23.9 Å². The molecule has 6 nitrogen and oxygen atoms in total. The predicted octanol–water partition coefficient (Wildman–Crippen LogP) is 5.33. The Hall–Kier alpha value is -4.45. The topological polar surface area (TPSA) is 72.9 Å². The zero-order valence-electron chi connectivity index (χ0n) is 21.4. The van der Waals surface area contributed by atoms with E-state index in [9.17, 15) is 14.4 Å². The number of ether oxygens (including phenoxy) is 2. The number of Topliss-reactive ketones (excluding diaryl/α,β-unsaturated/α-hetero) is 1. The highest BCUT2D eigenvalue weighted by atomic mass is 16.5. The van der Waals surface area contributed by atoms with Crippen LogP contribution in [0.25, 0.3) is 5.57 Å². The third-order valence-electron chi connectivity index (χ3n) is 7.99. The van der Waals surface area contributed by atoms with Crippen molar-refractivity contribution in [1.82, 2.24) is 0 Å². The lowest BCUT2D eigenvalue weighted by Crippen LogP contribution is -2.33. The first kappa shape index (κ1) is 23.9. The van der Waals surface area contributed by atoms with Gasteiger partial charge in [0.2, 0.25) is 11.8 Å². The van der Waals surface area contributed by atoms with E-state index in [0.717, 1.165) is 33.8 Å². The maximum absolute atomic E-state index is 13.8. The molecule has 1 heterocycles. The van der Waals surface area contributed by atoms with Crippen LogP contribution in [0.4, 0.5) is 5.69 Å². The van der Waals surface area contributed by atoms with Crippen molar-refractivity contribution in [2.75, 3.05) is 19.1 Å². The van der Waals surface area contributed by atoms with Crippen LogP contribution in [-0.2, 0) is 9.59 Å². The van der Waals surface area contributed by atoms with E-state index in [1.54, 1.807) is 38.5 Å². The number of carbonyl (C=O) groups is 3. The third kappa shape index (κ3) is 3.59. The van der Waals surface area contributed by atoms with E-state index < -0.39 is 11.8 Å². The fourth-order valence-corrected chi connectivity index (χ4v) is 6.21. The number of hydrogen-bond acceptors (Lipinski definition) is 5. The lowest BCUT2D eigenvalue weighted by Gasteiger charge is -2.22. The summed E-state index contributed by atoms with van der Waals surface area (Å²) in [5.74, 6) is -0.179. The molecular formula is C32H27NO5. The van der Waals surface area contributed by atoms with Crippen molar-refractivity contribution in [3.63, 3.8) is 0 Å². The normalized spacial score (nSPS) is 23.1. The van der Waals surface area contributed by atoms with Crippen molar-refractivity contribution in [3.8, 4) is 11.5 Å². The zero-order valence-corrected chi connectivity index (χ0v) is 21.4. The second-order valence-electron chi connectivity index (χ2n) is 9.89. The largest absolute Gasteiger partial charge is 0.497 e. The van der Waals surface area contributed by atoms with Crippen molar-refractivity contribution in [2.24, 2.45) is 23.7 Å². The van der Waals surface area contributed by atoms with E-state index in [-0.39, 0.29) is 29.4 Å². The summed E-state index contributed by atoms with van der Waals surface area (Å²) in [5, 5.41) is 0. The van der Waals surface area contributed by atoms with E-state index >= 15 is 0 Å². The summed E-state index contributed by atoms with van der Waals surface area (Å²) in [6, 6.07) is 22.5. The lowest BCUT2D eigenvalue weighted by molar-refractivity contribution is -0.122. The van der Waals surface area contributed by atoms with Gasteiger partial charge in [0, 0.05) is 17.4 Å². The Morgan fingerprint density at radius 2 is 1.08 bits per heavy atom. The average molecular weight is 506 g/mol. The molecule has 2 aliphatic carbocycles. The van der Waals surface area contributed by atoms with Crippen molar-refractivity contribution >= 4 is 28.9 Å². The lowest BCUT2D eigenvalue weighted by atomic mass is 9.85. The molecule has 0 radical (unpaired) electrons. The van der Waals surface area contributed by atoms with Gasteiger partial charge >= 0.3 is 0 Å². The summed E-state index contributed by atoms with van der Waals surface area (Å²) >= 11 is 0. The van der Waals surface area contributed by atoms with Crippen LogP contribution in [0.3, 0.4) is 0 Å². The molecule has 0 aromatic heterocycles. The van der Waals surface area contributed by atoms with Gasteiger partial charge in [-0.3, -0.25) is 14.4 Å². The number of amides is 2. The van der Waals surface area contributed by atoms with Gasteiger partial charge in [0.05, 0.1) is 31.7 Å². The monoisotopic (exact) mass is 505 g/mol. The first-order valence-electron chi connectivity index (χ1n) is 12.6. The van der Waals surface area contributed by atoms with Gasteiger partial charge in [-0.25, -0.2) is 4.90 Å². The molecule has 4 atom stereocenters. The molecule has 0 N–H and O–H groups in total. The summed E-state index contributed by atoms with van der Waals surface area (Å²) in [6.45, 7) is 1.49. The van der Waals surface area contributed by atoms with Crippen LogP contribution >= 0.6 is 0 Å². The van der Waals surface area contributed by atoms with E-state index in [0.29, 0.717) is 11.3 Å². The number of anilines is 1. The van der Waals surface area contributed by atoms with E-state index in [4.69, 9.17) is 9.47 Å². The van der Waals surface area contributed by atoms with Gasteiger partial charge in [-0.15, -0.1) is 0 Å². The standard InChI is InChI=1S/C32H27NO5/c1-18(34)19-4-10-22(11-5-19)33-31(35)29-25-16-17-26(30(29)32(33)36)28(25)27(20-6-12-23(37-2)13-7-20)21-8-14-24(38-3)15-9-21/h4-17,25-26,29-30H,1-3H3/t25-,26-,29-,30-/m1/s1. The molecule has 6 rings (SSSR count). The Labute approximate surface area is 221 Å². The second-order valence-corrected chi connectivity index (χ2v) is 9.89. The Balaban J connectivity index is 1.44. The summed E-state index contributed by atoms with van der Waals surface area (Å²) in [7, 11) is 3.27. The quantitative estimate of drug-likeness (QED) is 0.257. The van der Waals surface area contributed by atoms with Crippen molar-refractivity contribution in [1.29, 1.82) is 0 Å². The van der Waals surface area contributed by atoms with Gasteiger partial charge in [-0.1, -0.05) is 36.4 Å². The van der Waals surface area contributed by atoms with Gasteiger partial charge in [-0.2, -0.15) is 0 Å². The molecule has 3 aliphatic rings. The number of allylic oxidation sites excluding steroid dienone is 3. The Kier molecular flexibility index (Phi) is 5.75. The van der Waals surface area contributed by atoms with Gasteiger partial charge in [0.15, 0.2) is 5.78 Å². The Morgan fingerprint density at radius 1 is 0.658 bits per heavy atom. The Morgan fingerprint density at radius 3 is 1.47 bits per heavy atom. The number of fused-ring (bicyclic) bond motifs is 5. The van der Waals surface area contributed by atoms with Crippen molar-refractivity contribution in [2.45, 2.75) is 6.92 Å². The fourth-order valence-electron chi connectivity index (χ4n) is 6.21. The molecule has 38 heavy (non-hydrogen) atoms. The highest BCUT2D eigenvalue weighted by Crippen LogP contribution is 2.59. The molecule has 2 fully saturated rings. The maximum atomic E-state index is 13.8. The van der Waals surface area contributed by atoms with Crippen LogP contribution in [0, 0.1) is 23.7 Å². The van der Waals surface area contributed by atoms with Gasteiger partial charge < -0.3 is 9.47 Å². The molecule has 2 amide bonds.